The molecule has 1 aromatic heterocycles. The first-order valence-electron chi connectivity index (χ1n) is 7.06. The molecule has 2 fully saturated rings. The fourth-order valence-electron chi connectivity index (χ4n) is 3.06. The van der Waals surface area contributed by atoms with E-state index < -0.39 is 0 Å². The van der Waals surface area contributed by atoms with Crippen molar-refractivity contribution < 1.29 is 4.74 Å². The Balaban J connectivity index is 1.92. The molecule has 1 saturated carbocycles. The first kappa shape index (κ1) is 14.0. The van der Waals surface area contributed by atoms with E-state index in [1.807, 2.05) is 0 Å². The Morgan fingerprint density at radius 3 is 2.37 bits per heavy atom. The quantitative estimate of drug-likeness (QED) is 0.556. The smallest absolute Gasteiger partial charge is 0.146 e. The molecule has 0 bridgehead atoms. The van der Waals surface area contributed by atoms with E-state index in [0.717, 1.165) is 35.4 Å². The van der Waals surface area contributed by atoms with E-state index in [0.29, 0.717) is 17.0 Å². The lowest BCUT2D eigenvalue weighted by atomic mass is 9.98. The molecule has 3 nitrogen and oxygen atoms in total. The molecule has 2 heterocycles. The van der Waals surface area contributed by atoms with Crippen LogP contribution in [0.4, 0.5) is 0 Å². The Morgan fingerprint density at radius 1 is 1.00 bits per heavy atom. The minimum atomic E-state index is 0.420. The number of halogens is 2. The van der Waals surface area contributed by atoms with Crippen molar-refractivity contribution in [1.82, 2.24) is 9.97 Å². The summed E-state index contributed by atoms with van der Waals surface area (Å²) in [5, 5.41) is 0.638. The molecular formula is C14H18ClIN2O. The molecule has 0 unspecified atom stereocenters. The second kappa shape index (κ2) is 6.22. The van der Waals surface area contributed by atoms with Gasteiger partial charge in [0, 0.05) is 25.0 Å². The van der Waals surface area contributed by atoms with E-state index in [-0.39, 0.29) is 0 Å². The zero-order chi connectivity index (χ0) is 13.2. The highest BCUT2D eigenvalue weighted by molar-refractivity contribution is 14.1. The highest BCUT2D eigenvalue weighted by Gasteiger charge is 2.26. The van der Waals surface area contributed by atoms with E-state index in [1.54, 1.807) is 0 Å². The van der Waals surface area contributed by atoms with Gasteiger partial charge >= 0.3 is 0 Å². The Morgan fingerprint density at radius 2 is 1.68 bits per heavy atom. The van der Waals surface area contributed by atoms with Crippen molar-refractivity contribution in [3.8, 4) is 0 Å². The minimum Gasteiger partial charge on any atom is -0.381 e. The molecular weight excluding hydrogens is 375 g/mol. The lowest BCUT2D eigenvalue weighted by molar-refractivity contribution is 0.0835. The second-order valence-corrected chi connectivity index (χ2v) is 6.88. The Hall–Kier alpha value is 0.0600. The predicted molar refractivity (Wildman–Crippen MR) is 83.8 cm³/mol. The maximum atomic E-state index is 6.33. The first-order chi connectivity index (χ1) is 9.25. The van der Waals surface area contributed by atoms with Crippen LogP contribution in [0.1, 0.15) is 61.9 Å². The summed E-state index contributed by atoms with van der Waals surface area (Å²) in [5.41, 5.74) is 1.19. The summed E-state index contributed by atoms with van der Waals surface area (Å²) in [5.74, 6) is 1.95. The molecule has 1 aromatic rings. The molecule has 0 amide bonds. The van der Waals surface area contributed by atoms with E-state index in [1.165, 1.54) is 31.4 Å². The average molecular weight is 393 g/mol. The van der Waals surface area contributed by atoms with Gasteiger partial charge in [-0.1, -0.05) is 24.4 Å². The highest BCUT2D eigenvalue weighted by Crippen LogP contribution is 2.38. The lowest BCUT2D eigenvalue weighted by Crippen LogP contribution is -2.18. The van der Waals surface area contributed by atoms with E-state index in [4.69, 9.17) is 21.3 Å². The molecule has 0 atom stereocenters. The van der Waals surface area contributed by atoms with Crippen LogP contribution in [-0.4, -0.2) is 23.2 Å². The number of rotatable bonds is 2. The van der Waals surface area contributed by atoms with Crippen LogP contribution >= 0.6 is 34.2 Å². The van der Waals surface area contributed by atoms with Crippen molar-refractivity contribution >= 4 is 34.2 Å². The van der Waals surface area contributed by atoms with Gasteiger partial charge in [0.15, 0.2) is 0 Å². The number of ether oxygens (including phenoxy) is 1. The molecule has 0 radical (unpaired) electrons. The van der Waals surface area contributed by atoms with Gasteiger partial charge in [0.05, 0.1) is 9.26 Å². The van der Waals surface area contributed by atoms with Gasteiger partial charge in [-0.25, -0.2) is 9.97 Å². The maximum Gasteiger partial charge on any atom is 0.146 e. The molecule has 0 spiro atoms. The van der Waals surface area contributed by atoms with Crippen molar-refractivity contribution in [2.45, 2.75) is 50.4 Å². The van der Waals surface area contributed by atoms with Crippen molar-refractivity contribution in [2.24, 2.45) is 0 Å². The molecule has 0 N–H and O–H groups in total. The van der Waals surface area contributed by atoms with Gasteiger partial charge < -0.3 is 4.74 Å². The van der Waals surface area contributed by atoms with E-state index in [2.05, 4.69) is 27.6 Å². The van der Waals surface area contributed by atoms with Crippen LogP contribution in [0.2, 0.25) is 5.15 Å². The van der Waals surface area contributed by atoms with Crippen molar-refractivity contribution in [2.75, 3.05) is 13.2 Å². The molecule has 2 aliphatic rings. The monoisotopic (exact) mass is 392 g/mol. The van der Waals surface area contributed by atoms with Crippen molar-refractivity contribution in [1.29, 1.82) is 0 Å². The van der Waals surface area contributed by atoms with Gasteiger partial charge in [0.25, 0.3) is 0 Å². The first-order valence-corrected chi connectivity index (χ1v) is 8.52. The van der Waals surface area contributed by atoms with Crippen LogP contribution < -0.4 is 0 Å². The number of nitrogens with zero attached hydrogens (tertiary/aromatic N) is 2. The second-order valence-electron chi connectivity index (χ2n) is 5.44. The Labute approximate surface area is 132 Å². The van der Waals surface area contributed by atoms with Gasteiger partial charge in [0.2, 0.25) is 0 Å². The zero-order valence-corrected chi connectivity index (χ0v) is 13.8. The van der Waals surface area contributed by atoms with Gasteiger partial charge in [-0.2, -0.15) is 0 Å². The molecule has 1 saturated heterocycles. The predicted octanol–water partition coefficient (Wildman–Crippen LogP) is 4.29. The summed E-state index contributed by atoms with van der Waals surface area (Å²) < 4.78 is 6.47. The van der Waals surface area contributed by atoms with E-state index >= 15 is 0 Å². The normalized spacial score (nSPS) is 22.0. The summed E-state index contributed by atoms with van der Waals surface area (Å²) in [4.78, 5) is 9.40. The fraction of sp³-hybridized carbons (Fsp3) is 0.714. The molecule has 1 aliphatic carbocycles. The molecule has 0 aromatic carbocycles. The zero-order valence-electron chi connectivity index (χ0n) is 10.9. The number of hydrogen-bond donors (Lipinski definition) is 0. The van der Waals surface area contributed by atoms with Gasteiger partial charge in [-0.3, -0.25) is 0 Å². The van der Waals surface area contributed by atoms with Gasteiger partial charge in [-0.05, 0) is 48.3 Å². The fourth-order valence-corrected chi connectivity index (χ4v) is 3.93. The largest absolute Gasteiger partial charge is 0.381 e. The third-order valence-corrected chi connectivity index (χ3v) is 5.84. The number of aromatic nitrogens is 2. The maximum absolute atomic E-state index is 6.33. The van der Waals surface area contributed by atoms with Crippen LogP contribution in [0.3, 0.4) is 0 Å². The Bertz CT molecular complexity index is 457. The minimum absolute atomic E-state index is 0.420. The van der Waals surface area contributed by atoms with Gasteiger partial charge in [-0.15, -0.1) is 0 Å². The van der Waals surface area contributed by atoms with Crippen molar-refractivity contribution in [3.63, 3.8) is 0 Å². The Kier molecular flexibility index (Phi) is 4.59. The molecule has 104 valence electrons. The van der Waals surface area contributed by atoms with Crippen LogP contribution in [0.5, 0.6) is 0 Å². The summed E-state index contributed by atoms with van der Waals surface area (Å²) in [6, 6.07) is 0. The molecule has 1 aliphatic heterocycles. The summed E-state index contributed by atoms with van der Waals surface area (Å²) >= 11 is 8.63. The summed E-state index contributed by atoms with van der Waals surface area (Å²) in [6.07, 6.45) is 7.15. The standard InChI is InChI=1S/C14H18ClIN2O/c15-13-11(16)12(9-3-1-2-4-9)17-14(18-13)10-5-7-19-8-6-10/h9-10H,1-8H2. The summed E-state index contributed by atoms with van der Waals surface area (Å²) in [7, 11) is 0. The third-order valence-electron chi connectivity index (χ3n) is 4.18. The number of hydrogen-bond acceptors (Lipinski definition) is 3. The van der Waals surface area contributed by atoms with Crippen LogP contribution in [-0.2, 0) is 4.74 Å². The third kappa shape index (κ3) is 3.05. The van der Waals surface area contributed by atoms with Crippen LogP contribution in [0.25, 0.3) is 0 Å². The molecule has 3 rings (SSSR count). The SMILES string of the molecule is Clc1nc(C2CCOCC2)nc(C2CCCC2)c1I. The lowest BCUT2D eigenvalue weighted by Gasteiger charge is -2.22. The average Bonchev–Trinajstić information content (AvgIpc) is 2.96. The van der Waals surface area contributed by atoms with E-state index in [9.17, 15) is 0 Å². The molecule has 5 heteroatoms. The van der Waals surface area contributed by atoms with Gasteiger partial charge in [0.1, 0.15) is 11.0 Å². The van der Waals surface area contributed by atoms with Crippen LogP contribution in [0.15, 0.2) is 0 Å². The topological polar surface area (TPSA) is 35.0 Å². The summed E-state index contributed by atoms with van der Waals surface area (Å²) in [6.45, 7) is 1.63. The van der Waals surface area contributed by atoms with Crippen molar-refractivity contribution in [3.05, 3.63) is 20.2 Å². The molecule has 19 heavy (non-hydrogen) atoms. The van der Waals surface area contributed by atoms with Crippen LogP contribution in [0, 0.1) is 3.57 Å². The highest BCUT2D eigenvalue weighted by atomic mass is 127.